The molecule has 0 unspecified atom stereocenters. The number of nitro benzene ring substituents is 1. The lowest BCUT2D eigenvalue weighted by atomic mass is 10.1. The molecule has 0 aliphatic rings. The normalized spacial score (nSPS) is 10.5. The van der Waals surface area contributed by atoms with Crippen molar-refractivity contribution in [1.29, 1.82) is 0 Å². The third kappa shape index (κ3) is 2.38. The number of rotatable bonds is 5. The van der Waals surface area contributed by atoms with Gasteiger partial charge in [-0.1, -0.05) is 0 Å². The van der Waals surface area contributed by atoms with E-state index in [4.69, 9.17) is 9.84 Å². The first-order valence-electron chi connectivity index (χ1n) is 5.50. The number of nitrogens with zero attached hydrogens (tertiary/aromatic N) is 2. The van der Waals surface area contributed by atoms with Crippen LogP contribution in [0, 0.1) is 10.1 Å². The Morgan fingerprint density at radius 1 is 1.39 bits per heavy atom. The highest BCUT2D eigenvalue weighted by Gasteiger charge is 2.15. The lowest BCUT2D eigenvalue weighted by Crippen LogP contribution is -2.01. The number of benzene rings is 1. The third-order valence-corrected chi connectivity index (χ3v) is 2.47. The number of aromatic nitrogens is 1. The first-order valence-corrected chi connectivity index (χ1v) is 5.50. The summed E-state index contributed by atoms with van der Waals surface area (Å²) in [6.07, 6.45) is 2.02. The van der Waals surface area contributed by atoms with E-state index in [9.17, 15) is 10.1 Å². The van der Waals surface area contributed by atoms with Gasteiger partial charge in [0.15, 0.2) is 5.52 Å². The van der Waals surface area contributed by atoms with Crippen LogP contribution in [0.5, 0.6) is 5.75 Å². The van der Waals surface area contributed by atoms with Crippen LogP contribution in [0.4, 0.5) is 5.69 Å². The van der Waals surface area contributed by atoms with Crippen LogP contribution in [0.25, 0.3) is 10.9 Å². The zero-order valence-electron chi connectivity index (χ0n) is 9.57. The van der Waals surface area contributed by atoms with Crippen LogP contribution in [0.1, 0.15) is 6.42 Å². The first kappa shape index (κ1) is 12.3. The minimum absolute atomic E-state index is 0.0416. The van der Waals surface area contributed by atoms with Crippen LogP contribution in [-0.2, 0) is 0 Å². The summed E-state index contributed by atoms with van der Waals surface area (Å²) in [7, 11) is 0. The highest BCUT2D eigenvalue weighted by atomic mass is 16.6. The number of aliphatic hydroxyl groups is 1. The molecule has 0 bridgehead atoms. The van der Waals surface area contributed by atoms with E-state index in [-0.39, 0.29) is 12.3 Å². The van der Waals surface area contributed by atoms with Crippen molar-refractivity contribution in [3.8, 4) is 5.75 Å². The highest BCUT2D eigenvalue weighted by molar-refractivity contribution is 5.91. The van der Waals surface area contributed by atoms with Crippen molar-refractivity contribution in [3.63, 3.8) is 0 Å². The SMILES string of the molecule is O=[N+]([O-])c1ccc(OCCCO)c2cccnc12. The summed E-state index contributed by atoms with van der Waals surface area (Å²) in [5.41, 5.74) is 0.268. The molecule has 0 aliphatic heterocycles. The summed E-state index contributed by atoms with van der Waals surface area (Å²) in [5.74, 6) is 0.539. The van der Waals surface area contributed by atoms with Crippen molar-refractivity contribution in [2.45, 2.75) is 6.42 Å². The summed E-state index contributed by atoms with van der Waals surface area (Å²) in [5, 5.41) is 20.2. The number of hydrogen-bond acceptors (Lipinski definition) is 5. The van der Waals surface area contributed by atoms with Crippen molar-refractivity contribution in [2.24, 2.45) is 0 Å². The molecular weight excluding hydrogens is 236 g/mol. The van der Waals surface area contributed by atoms with Crippen LogP contribution in [0.15, 0.2) is 30.5 Å². The van der Waals surface area contributed by atoms with Crippen LogP contribution in [0.3, 0.4) is 0 Å². The second kappa shape index (κ2) is 5.42. The van der Waals surface area contributed by atoms with Crippen molar-refractivity contribution in [3.05, 3.63) is 40.6 Å². The van der Waals surface area contributed by atoms with Gasteiger partial charge in [0.2, 0.25) is 0 Å². The van der Waals surface area contributed by atoms with Gasteiger partial charge in [-0.3, -0.25) is 10.1 Å². The Labute approximate surface area is 103 Å². The molecule has 0 saturated heterocycles. The second-order valence-electron chi connectivity index (χ2n) is 3.67. The molecule has 2 aromatic rings. The smallest absolute Gasteiger partial charge is 0.295 e. The predicted octanol–water partition coefficient (Wildman–Crippen LogP) is 1.90. The summed E-state index contributed by atoms with van der Waals surface area (Å²) >= 11 is 0. The molecule has 94 valence electrons. The van der Waals surface area contributed by atoms with Crippen LogP contribution < -0.4 is 4.74 Å². The van der Waals surface area contributed by atoms with Crippen molar-refractivity contribution in [1.82, 2.24) is 4.98 Å². The van der Waals surface area contributed by atoms with E-state index < -0.39 is 4.92 Å². The number of pyridine rings is 1. The lowest BCUT2D eigenvalue weighted by Gasteiger charge is -2.08. The quantitative estimate of drug-likeness (QED) is 0.496. The molecule has 1 aromatic heterocycles. The summed E-state index contributed by atoms with van der Waals surface area (Å²) < 4.78 is 5.47. The molecule has 1 N–H and O–H groups in total. The first-order chi connectivity index (χ1) is 8.74. The van der Waals surface area contributed by atoms with Gasteiger partial charge in [0, 0.05) is 30.7 Å². The van der Waals surface area contributed by atoms with Gasteiger partial charge in [-0.2, -0.15) is 0 Å². The fourth-order valence-corrected chi connectivity index (χ4v) is 1.65. The maximum Gasteiger partial charge on any atom is 0.295 e. The molecule has 18 heavy (non-hydrogen) atoms. The average molecular weight is 248 g/mol. The molecule has 0 saturated carbocycles. The molecule has 0 aliphatic carbocycles. The zero-order chi connectivity index (χ0) is 13.0. The molecule has 0 atom stereocenters. The Hall–Kier alpha value is -2.21. The van der Waals surface area contributed by atoms with E-state index in [0.717, 1.165) is 0 Å². The Balaban J connectivity index is 2.44. The van der Waals surface area contributed by atoms with Gasteiger partial charge in [-0.15, -0.1) is 0 Å². The molecule has 6 nitrogen and oxygen atoms in total. The minimum atomic E-state index is -0.465. The van der Waals surface area contributed by atoms with Crippen molar-refractivity contribution >= 4 is 16.6 Å². The zero-order valence-corrected chi connectivity index (χ0v) is 9.57. The molecule has 0 spiro atoms. The van der Waals surface area contributed by atoms with Gasteiger partial charge >= 0.3 is 0 Å². The number of ether oxygens (including phenoxy) is 1. The Bertz CT molecular complexity index is 571. The molecule has 1 aromatic carbocycles. The summed E-state index contributed by atoms with van der Waals surface area (Å²) in [4.78, 5) is 14.4. The fraction of sp³-hybridized carbons (Fsp3) is 0.250. The largest absolute Gasteiger partial charge is 0.493 e. The van der Waals surface area contributed by atoms with Gasteiger partial charge in [0.1, 0.15) is 5.75 Å². The van der Waals surface area contributed by atoms with Gasteiger partial charge in [-0.25, -0.2) is 4.98 Å². The summed E-state index contributed by atoms with van der Waals surface area (Å²) in [6, 6.07) is 6.36. The van der Waals surface area contributed by atoms with Crippen LogP contribution >= 0.6 is 0 Å². The van der Waals surface area contributed by atoms with E-state index >= 15 is 0 Å². The van der Waals surface area contributed by atoms with E-state index in [1.165, 1.54) is 12.3 Å². The average Bonchev–Trinajstić information content (AvgIpc) is 2.38. The van der Waals surface area contributed by atoms with Gasteiger partial charge in [0.25, 0.3) is 5.69 Å². The number of nitro groups is 1. The van der Waals surface area contributed by atoms with E-state index in [0.29, 0.717) is 29.7 Å². The van der Waals surface area contributed by atoms with E-state index in [2.05, 4.69) is 4.98 Å². The van der Waals surface area contributed by atoms with Gasteiger partial charge < -0.3 is 9.84 Å². The number of hydrogen-bond donors (Lipinski definition) is 1. The number of non-ortho nitro benzene ring substituents is 1. The highest BCUT2D eigenvalue weighted by Crippen LogP contribution is 2.31. The molecular formula is C12H12N2O4. The number of aliphatic hydroxyl groups excluding tert-OH is 1. The maximum absolute atomic E-state index is 10.9. The Morgan fingerprint density at radius 3 is 2.94 bits per heavy atom. The van der Waals surface area contributed by atoms with E-state index in [1.54, 1.807) is 18.2 Å². The van der Waals surface area contributed by atoms with Crippen LogP contribution in [-0.4, -0.2) is 28.2 Å². The topological polar surface area (TPSA) is 85.5 Å². The molecule has 6 heteroatoms. The summed E-state index contributed by atoms with van der Waals surface area (Å²) in [6.45, 7) is 0.404. The molecule has 0 amide bonds. The second-order valence-corrected chi connectivity index (χ2v) is 3.67. The predicted molar refractivity (Wildman–Crippen MR) is 65.6 cm³/mol. The van der Waals surface area contributed by atoms with Crippen molar-refractivity contribution in [2.75, 3.05) is 13.2 Å². The van der Waals surface area contributed by atoms with Gasteiger partial charge in [0.05, 0.1) is 11.5 Å². The third-order valence-electron chi connectivity index (χ3n) is 2.47. The lowest BCUT2D eigenvalue weighted by molar-refractivity contribution is -0.383. The molecule has 2 rings (SSSR count). The van der Waals surface area contributed by atoms with Crippen LogP contribution in [0.2, 0.25) is 0 Å². The molecule has 0 fully saturated rings. The Morgan fingerprint density at radius 2 is 2.22 bits per heavy atom. The Kier molecular flexibility index (Phi) is 3.69. The van der Waals surface area contributed by atoms with Crippen molar-refractivity contribution < 1.29 is 14.8 Å². The van der Waals surface area contributed by atoms with Gasteiger partial charge in [-0.05, 0) is 18.2 Å². The maximum atomic E-state index is 10.9. The fourth-order valence-electron chi connectivity index (χ4n) is 1.65. The van der Waals surface area contributed by atoms with E-state index in [1.807, 2.05) is 0 Å². The number of fused-ring (bicyclic) bond motifs is 1. The molecule has 0 radical (unpaired) electrons. The minimum Gasteiger partial charge on any atom is -0.493 e. The molecule has 1 heterocycles. The standard InChI is InChI=1S/C12H12N2O4/c15-7-2-8-18-11-5-4-10(14(16)17)12-9(11)3-1-6-13-12/h1,3-6,15H,2,7-8H2. The monoisotopic (exact) mass is 248 g/mol.